The van der Waals surface area contributed by atoms with Crippen molar-refractivity contribution in [2.75, 3.05) is 34.0 Å². The van der Waals surface area contributed by atoms with Crippen LogP contribution in [0.1, 0.15) is 69.5 Å². The summed E-state index contributed by atoms with van der Waals surface area (Å²) in [5, 5.41) is 0. The van der Waals surface area contributed by atoms with Gasteiger partial charge in [0.25, 0.3) is 0 Å². The highest BCUT2D eigenvalue weighted by Gasteiger charge is 2.52. The molecule has 0 radical (unpaired) electrons. The first-order valence-corrected chi connectivity index (χ1v) is 12.2. The molecule has 2 heterocycles. The van der Waals surface area contributed by atoms with Gasteiger partial charge >= 0.3 is 0 Å². The van der Waals surface area contributed by atoms with Crippen molar-refractivity contribution in [2.45, 2.75) is 64.5 Å². The standard InChI is InChI=1S/C28H39NO4/c1-8-32-19(3)23-17-29-24(14-18(23)2)22-16-25(31-7)26(33-13-9-12-30-6)15-21(22)20-10-11-28(4,5)27(20)29/h15-17,20,24,27H,2-3,8-14H2,1,4-7H3/t20-,24?,27+/m1/s1. The lowest BCUT2D eigenvalue weighted by Crippen LogP contribution is -2.48. The maximum absolute atomic E-state index is 6.15. The minimum atomic E-state index is 0.202. The highest BCUT2D eigenvalue weighted by Crippen LogP contribution is 2.59. The summed E-state index contributed by atoms with van der Waals surface area (Å²) < 4.78 is 22.9. The molecule has 0 saturated heterocycles. The monoisotopic (exact) mass is 453 g/mol. The average Bonchev–Trinajstić information content (AvgIpc) is 3.11. The van der Waals surface area contributed by atoms with E-state index < -0.39 is 0 Å². The highest BCUT2D eigenvalue weighted by molar-refractivity contribution is 5.55. The number of benzene rings is 1. The van der Waals surface area contributed by atoms with Gasteiger partial charge in [-0.3, -0.25) is 0 Å². The molecular weight excluding hydrogens is 414 g/mol. The summed E-state index contributed by atoms with van der Waals surface area (Å²) in [6, 6.07) is 5.07. The van der Waals surface area contributed by atoms with Crippen LogP contribution in [0.4, 0.5) is 0 Å². The summed E-state index contributed by atoms with van der Waals surface area (Å²) in [7, 11) is 3.44. The topological polar surface area (TPSA) is 40.2 Å². The van der Waals surface area contributed by atoms with Crippen molar-refractivity contribution >= 4 is 0 Å². The summed E-state index contributed by atoms with van der Waals surface area (Å²) in [5.41, 5.74) is 5.06. The summed E-state index contributed by atoms with van der Waals surface area (Å²) in [6.45, 7) is 17.3. The Labute approximate surface area is 199 Å². The molecule has 1 aromatic carbocycles. The molecule has 0 spiro atoms. The fraction of sp³-hybridized carbons (Fsp3) is 0.571. The number of allylic oxidation sites excluding steroid dienone is 1. The van der Waals surface area contributed by atoms with E-state index in [0.29, 0.717) is 31.8 Å². The van der Waals surface area contributed by atoms with E-state index in [1.54, 1.807) is 14.2 Å². The van der Waals surface area contributed by atoms with E-state index in [2.05, 4.69) is 50.2 Å². The number of nitrogens with zero attached hydrogens (tertiary/aromatic N) is 1. The zero-order valence-corrected chi connectivity index (χ0v) is 20.9. The zero-order chi connectivity index (χ0) is 23.8. The Morgan fingerprint density at radius 1 is 1.15 bits per heavy atom. The second-order valence-electron chi connectivity index (χ2n) is 10.1. The second kappa shape index (κ2) is 9.46. The molecule has 33 heavy (non-hydrogen) atoms. The SMILES string of the molecule is C=C1CC2c3cc(OC)c(OCCCOC)cc3[C@H]3CCC(C)(C)[C@H]3N2C=C1C(=C)OCC. The lowest BCUT2D eigenvalue weighted by Gasteiger charge is -2.51. The van der Waals surface area contributed by atoms with Crippen LogP contribution in [0.15, 0.2) is 48.4 Å². The number of methoxy groups -OCH3 is 2. The average molecular weight is 454 g/mol. The molecule has 1 unspecified atom stereocenters. The smallest absolute Gasteiger partial charge is 0.161 e. The number of hydrogen-bond donors (Lipinski definition) is 0. The molecule has 1 aliphatic carbocycles. The molecule has 0 aromatic heterocycles. The molecule has 0 amide bonds. The first kappa shape index (κ1) is 23.7. The van der Waals surface area contributed by atoms with Gasteiger partial charge in [0.1, 0.15) is 5.76 Å². The maximum atomic E-state index is 6.15. The van der Waals surface area contributed by atoms with Crippen molar-refractivity contribution < 1.29 is 18.9 Å². The van der Waals surface area contributed by atoms with Gasteiger partial charge in [-0.15, -0.1) is 0 Å². The Morgan fingerprint density at radius 2 is 1.91 bits per heavy atom. The largest absolute Gasteiger partial charge is 0.494 e. The van der Waals surface area contributed by atoms with Crippen LogP contribution >= 0.6 is 0 Å². The fourth-order valence-corrected chi connectivity index (χ4v) is 6.02. The third kappa shape index (κ3) is 4.28. The summed E-state index contributed by atoms with van der Waals surface area (Å²) in [4.78, 5) is 2.58. The van der Waals surface area contributed by atoms with Gasteiger partial charge in [-0.25, -0.2) is 0 Å². The molecule has 2 aliphatic heterocycles. The summed E-state index contributed by atoms with van der Waals surface area (Å²) in [6.07, 6.45) is 6.33. The minimum Gasteiger partial charge on any atom is -0.494 e. The van der Waals surface area contributed by atoms with E-state index in [-0.39, 0.29) is 11.5 Å². The molecule has 180 valence electrons. The Kier molecular flexibility index (Phi) is 6.81. The van der Waals surface area contributed by atoms with Gasteiger partial charge in [-0.2, -0.15) is 0 Å². The van der Waals surface area contributed by atoms with Crippen molar-refractivity contribution in [3.05, 3.63) is 59.5 Å². The molecule has 1 fully saturated rings. The van der Waals surface area contributed by atoms with Gasteiger partial charge < -0.3 is 23.8 Å². The van der Waals surface area contributed by atoms with Gasteiger partial charge in [0, 0.05) is 43.9 Å². The molecule has 0 N–H and O–H groups in total. The molecule has 5 nitrogen and oxygen atoms in total. The van der Waals surface area contributed by atoms with Crippen molar-refractivity contribution in [3.63, 3.8) is 0 Å². The van der Waals surface area contributed by atoms with Crippen molar-refractivity contribution in [2.24, 2.45) is 5.41 Å². The Balaban J connectivity index is 1.77. The Bertz CT molecular complexity index is 947. The quantitative estimate of drug-likeness (QED) is 0.332. The van der Waals surface area contributed by atoms with E-state index in [1.807, 2.05) is 6.92 Å². The molecular formula is C28H39NO4. The van der Waals surface area contributed by atoms with Gasteiger partial charge in [0.05, 0.1) is 26.4 Å². The van der Waals surface area contributed by atoms with Crippen molar-refractivity contribution in [1.82, 2.24) is 4.90 Å². The van der Waals surface area contributed by atoms with Crippen LogP contribution in [0.2, 0.25) is 0 Å². The second-order valence-corrected chi connectivity index (χ2v) is 10.1. The molecule has 1 aromatic rings. The van der Waals surface area contributed by atoms with Crippen LogP contribution in [-0.4, -0.2) is 45.0 Å². The van der Waals surface area contributed by atoms with Crippen LogP contribution < -0.4 is 9.47 Å². The van der Waals surface area contributed by atoms with Crippen LogP contribution in [0.3, 0.4) is 0 Å². The summed E-state index contributed by atoms with van der Waals surface area (Å²) >= 11 is 0. The van der Waals surface area contributed by atoms with E-state index in [9.17, 15) is 0 Å². The zero-order valence-electron chi connectivity index (χ0n) is 20.9. The first-order valence-electron chi connectivity index (χ1n) is 12.2. The molecule has 3 aliphatic rings. The normalized spacial score (nSPS) is 25.0. The maximum Gasteiger partial charge on any atom is 0.161 e. The van der Waals surface area contributed by atoms with Crippen molar-refractivity contribution in [1.29, 1.82) is 0 Å². The Hall–Kier alpha value is -2.40. The molecule has 3 atom stereocenters. The number of fused-ring (bicyclic) bond motifs is 6. The number of rotatable bonds is 9. The molecule has 5 heteroatoms. The molecule has 4 rings (SSSR count). The highest BCUT2D eigenvalue weighted by atomic mass is 16.5. The molecule has 0 bridgehead atoms. The lowest BCUT2D eigenvalue weighted by atomic mass is 9.72. The third-order valence-corrected chi connectivity index (χ3v) is 7.56. The number of ether oxygens (including phenoxy) is 4. The third-order valence-electron chi connectivity index (χ3n) is 7.56. The van der Waals surface area contributed by atoms with Crippen LogP contribution in [0.5, 0.6) is 11.5 Å². The van der Waals surface area contributed by atoms with Crippen molar-refractivity contribution in [3.8, 4) is 11.5 Å². The summed E-state index contributed by atoms with van der Waals surface area (Å²) in [5.74, 6) is 2.79. The predicted octanol–water partition coefficient (Wildman–Crippen LogP) is 6.13. The van der Waals surface area contributed by atoms with E-state index >= 15 is 0 Å². The van der Waals surface area contributed by atoms with Gasteiger partial charge in [-0.1, -0.05) is 27.0 Å². The number of hydrogen-bond acceptors (Lipinski definition) is 5. The van der Waals surface area contributed by atoms with Crippen LogP contribution in [0, 0.1) is 5.41 Å². The van der Waals surface area contributed by atoms with Gasteiger partial charge in [0.15, 0.2) is 11.5 Å². The first-order chi connectivity index (χ1) is 15.8. The predicted molar refractivity (Wildman–Crippen MR) is 132 cm³/mol. The fourth-order valence-electron chi connectivity index (χ4n) is 6.02. The lowest BCUT2D eigenvalue weighted by molar-refractivity contribution is 0.0876. The van der Waals surface area contributed by atoms with Crippen LogP contribution in [-0.2, 0) is 9.47 Å². The minimum absolute atomic E-state index is 0.202. The van der Waals surface area contributed by atoms with Gasteiger partial charge in [0.2, 0.25) is 0 Å². The van der Waals surface area contributed by atoms with E-state index in [4.69, 9.17) is 18.9 Å². The molecule has 1 saturated carbocycles. The Morgan fingerprint density at radius 3 is 2.61 bits per heavy atom. The van der Waals surface area contributed by atoms with Crippen LogP contribution in [0.25, 0.3) is 0 Å². The van der Waals surface area contributed by atoms with Gasteiger partial charge in [-0.05, 0) is 60.4 Å². The van der Waals surface area contributed by atoms with E-state index in [1.165, 1.54) is 24.0 Å². The van der Waals surface area contributed by atoms with E-state index in [0.717, 1.165) is 41.2 Å².